The highest BCUT2D eigenvalue weighted by Crippen LogP contribution is 2.20. The van der Waals surface area contributed by atoms with Gasteiger partial charge in [0, 0.05) is 30.6 Å². The first-order valence-electron chi connectivity index (χ1n) is 6.63. The second-order valence-electron chi connectivity index (χ2n) is 5.08. The Hall–Kier alpha value is -1.35. The van der Waals surface area contributed by atoms with Crippen LogP contribution in [-0.2, 0) is 6.54 Å². The number of nitrogens with two attached hydrogens (primary N) is 1. The van der Waals surface area contributed by atoms with Crippen molar-refractivity contribution in [1.29, 1.82) is 0 Å². The average Bonchev–Trinajstić information content (AvgIpc) is 2.83. The normalized spacial score (nSPS) is 14.7. The fourth-order valence-corrected chi connectivity index (χ4v) is 2.78. The number of thioether (sulfide) groups is 1. The van der Waals surface area contributed by atoms with E-state index in [1.807, 2.05) is 24.4 Å². The van der Waals surface area contributed by atoms with Crippen molar-refractivity contribution in [3.8, 4) is 0 Å². The van der Waals surface area contributed by atoms with E-state index in [4.69, 9.17) is 5.73 Å². The average molecular weight is 311 g/mol. The van der Waals surface area contributed by atoms with E-state index in [0.29, 0.717) is 24.7 Å². The molecular weight excluding hydrogens is 290 g/mol. The van der Waals surface area contributed by atoms with Crippen molar-refractivity contribution in [2.45, 2.75) is 18.8 Å². The molecule has 7 nitrogen and oxygen atoms in total. The van der Waals surface area contributed by atoms with E-state index in [-0.39, 0.29) is 0 Å². The number of hydrogen-bond donors (Lipinski definition) is 4. The Labute approximate surface area is 127 Å². The molecule has 0 aromatic carbocycles. The fraction of sp³-hybridized carbons (Fsp3) is 0.538. The predicted octanol–water partition coefficient (Wildman–Crippen LogP) is 0.0567. The van der Waals surface area contributed by atoms with Crippen LogP contribution in [0.4, 0.5) is 5.82 Å². The molecule has 5 N–H and O–H groups in total. The molecule has 0 aliphatic rings. The Kier molecular flexibility index (Phi) is 5.40. The van der Waals surface area contributed by atoms with Gasteiger partial charge < -0.3 is 20.9 Å². The lowest BCUT2D eigenvalue weighted by atomic mass is 10.2. The summed E-state index contributed by atoms with van der Waals surface area (Å²) in [6.07, 6.45) is 3.69. The lowest BCUT2D eigenvalue weighted by Crippen LogP contribution is -2.38. The van der Waals surface area contributed by atoms with Gasteiger partial charge in [0.25, 0.3) is 0 Å². The number of aliphatic hydroxyl groups excluding tert-OH is 2. The van der Waals surface area contributed by atoms with Crippen LogP contribution in [0.1, 0.15) is 5.56 Å². The van der Waals surface area contributed by atoms with Crippen LogP contribution in [0.15, 0.2) is 12.5 Å². The van der Waals surface area contributed by atoms with E-state index in [1.165, 1.54) is 18.1 Å². The van der Waals surface area contributed by atoms with Crippen LogP contribution in [0, 0.1) is 0 Å². The molecule has 0 amide bonds. The van der Waals surface area contributed by atoms with E-state index in [9.17, 15) is 10.2 Å². The van der Waals surface area contributed by atoms with Gasteiger partial charge in [-0.1, -0.05) is 0 Å². The molecular formula is C13H21N5O2S. The molecule has 0 unspecified atom stereocenters. The second-order valence-corrected chi connectivity index (χ2v) is 5.99. The zero-order valence-corrected chi connectivity index (χ0v) is 13.0. The van der Waals surface area contributed by atoms with E-state index in [0.717, 1.165) is 16.6 Å². The Bertz CT molecular complexity index is 591. The van der Waals surface area contributed by atoms with Gasteiger partial charge in [-0.15, -0.1) is 0 Å². The molecule has 2 aromatic rings. The molecule has 2 atom stereocenters. The van der Waals surface area contributed by atoms with Crippen LogP contribution in [-0.4, -0.2) is 67.9 Å². The topological polar surface area (TPSA) is 111 Å². The molecule has 0 spiro atoms. The van der Waals surface area contributed by atoms with Crippen molar-refractivity contribution in [2.24, 2.45) is 0 Å². The van der Waals surface area contributed by atoms with Crippen LogP contribution < -0.4 is 5.73 Å². The maximum Gasteiger partial charge on any atom is 0.151 e. The minimum Gasteiger partial charge on any atom is -0.390 e. The summed E-state index contributed by atoms with van der Waals surface area (Å²) in [5.74, 6) is 0.940. The number of aliphatic hydroxyl groups is 2. The van der Waals surface area contributed by atoms with Gasteiger partial charge in [0.2, 0.25) is 0 Å². The van der Waals surface area contributed by atoms with Crippen LogP contribution >= 0.6 is 11.8 Å². The first-order chi connectivity index (χ1) is 10.0. The summed E-state index contributed by atoms with van der Waals surface area (Å²) >= 11 is 1.51. The molecule has 0 bridgehead atoms. The number of aromatic nitrogens is 3. The van der Waals surface area contributed by atoms with Gasteiger partial charge in [0.15, 0.2) is 5.82 Å². The van der Waals surface area contributed by atoms with Crippen LogP contribution in [0.2, 0.25) is 0 Å². The van der Waals surface area contributed by atoms with Gasteiger partial charge in [0.1, 0.15) is 11.8 Å². The van der Waals surface area contributed by atoms with Gasteiger partial charge in [-0.3, -0.25) is 4.90 Å². The quantitative estimate of drug-likeness (QED) is 0.572. The number of nitrogens with one attached hydrogen (secondary N) is 1. The minimum atomic E-state index is -0.771. The first kappa shape index (κ1) is 16.0. The van der Waals surface area contributed by atoms with Crippen molar-refractivity contribution >= 4 is 28.6 Å². The molecule has 8 heteroatoms. The number of nitrogen functional groups attached to an aromatic ring is 1. The number of rotatable bonds is 7. The molecule has 0 aliphatic heterocycles. The molecule has 116 valence electrons. The van der Waals surface area contributed by atoms with E-state index in [1.54, 1.807) is 0 Å². The highest BCUT2D eigenvalue weighted by molar-refractivity contribution is 7.98. The van der Waals surface area contributed by atoms with Crippen LogP contribution in [0.3, 0.4) is 0 Å². The zero-order valence-electron chi connectivity index (χ0n) is 12.2. The molecule has 2 rings (SSSR count). The van der Waals surface area contributed by atoms with Gasteiger partial charge in [-0.25, -0.2) is 9.97 Å². The smallest absolute Gasteiger partial charge is 0.151 e. The predicted molar refractivity (Wildman–Crippen MR) is 85.0 cm³/mol. The van der Waals surface area contributed by atoms with E-state index in [2.05, 4.69) is 15.0 Å². The third-order valence-corrected chi connectivity index (χ3v) is 3.97. The number of H-pyrrole nitrogens is 1. The van der Waals surface area contributed by atoms with Gasteiger partial charge in [-0.05, 0) is 13.3 Å². The molecule has 21 heavy (non-hydrogen) atoms. The Morgan fingerprint density at radius 1 is 1.38 bits per heavy atom. The number of likely N-dealkylation sites (N-methyl/N-ethyl adjacent to an activating group) is 1. The molecule has 0 radical (unpaired) electrons. The summed E-state index contributed by atoms with van der Waals surface area (Å²) in [5, 5.41) is 19.7. The molecule has 0 saturated heterocycles. The van der Waals surface area contributed by atoms with Crippen LogP contribution in [0.25, 0.3) is 11.0 Å². The number of anilines is 1. The number of hydrogen-bond acceptors (Lipinski definition) is 7. The summed E-state index contributed by atoms with van der Waals surface area (Å²) < 4.78 is 0. The summed E-state index contributed by atoms with van der Waals surface area (Å²) in [4.78, 5) is 13.2. The summed E-state index contributed by atoms with van der Waals surface area (Å²) in [7, 11) is 1.89. The highest BCUT2D eigenvalue weighted by atomic mass is 32.2. The van der Waals surface area contributed by atoms with Crippen molar-refractivity contribution in [1.82, 2.24) is 19.9 Å². The molecule has 0 saturated carbocycles. The second kappa shape index (κ2) is 7.08. The fourth-order valence-electron chi connectivity index (χ4n) is 2.21. The standard InChI is InChI=1S/C13H21N5O2S/c1-18(5-9(19)10(20)6-21-2)4-8-3-15-12-11(8)16-7-17-13(12)14/h3,7,9-10,15,19-20H,4-6H2,1-2H3,(H2,14,16,17)/t9-,10-/m1/s1. The molecule has 0 aliphatic carbocycles. The monoisotopic (exact) mass is 311 g/mol. The van der Waals surface area contributed by atoms with Crippen molar-refractivity contribution in [2.75, 3.05) is 31.3 Å². The van der Waals surface area contributed by atoms with E-state index < -0.39 is 12.2 Å². The lowest BCUT2D eigenvalue weighted by molar-refractivity contribution is 0.0137. The summed E-state index contributed by atoms with van der Waals surface area (Å²) in [5.41, 5.74) is 8.27. The lowest BCUT2D eigenvalue weighted by Gasteiger charge is -2.23. The maximum absolute atomic E-state index is 9.95. The number of aromatic amines is 1. The SMILES string of the molecule is CSC[C@@H](O)[C@H](O)CN(C)Cc1c[nH]c2c(N)ncnc12. The largest absolute Gasteiger partial charge is 0.390 e. The molecule has 0 fully saturated rings. The first-order valence-corrected chi connectivity index (χ1v) is 8.02. The van der Waals surface area contributed by atoms with Gasteiger partial charge in [0.05, 0.1) is 17.7 Å². The third-order valence-electron chi connectivity index (χ3n) is 3.29. The van der Waals surface area contributed by atoms with Crippen molar-refractivity contribution in [3.63, 3.8) is 0 Å². The highest BCUT2D eigenvalue weighted by Gasteiger charge is 2.18. The van der Waals surface area contributed by atoms with E-state index >= 15 is 0 Å². The zero-order chi connectivity index (χ0) is 15.4. The van der Waals surface area contributed by atoms with Gasteiger partial charge in [-0.2, -0.15) is 11.8 Å². The summed E-state index contributed by atoms with van der Waals surface area (Å²) in [6.45, 7) is 0.981. The number of nitrogens with zero attached hydrogens (tertiary/aromatic N) is 3. The number of fused-ring (bicyclic) bond motifs is 1. The van der Waals surface area contributed by atoms with Crippen molar-refractivity contribution < 1.29 is 10.2 Å². The maximum atomic E-state index is 9.95. The minimum absolute atomic E-state index is 0.384. The third kappa shape index (κ3) is 3.85. The van der Waals surface area contributed by atoms with Gasteiger partial charge >= 0.3 is 0 Å². The summed E-state index contributed by atoms with van der Waals surface area (Å²) in [6, 6.07) is 0. The van der Waals surface area contributed by atoms with Crippen LogP contribution in [0.5, 0.6) is 0 Å². The molecule has 2 heterocycles. The Morgan fingerprint density at radius 2 is 2.14 bits per heavy atom. The Balaban J connectivity index is 2.01. The Morgan fingerprint density at radius 3 is 2.86 bits per heavy atom. The molecule has 2 aromatic heterocycles. The van der Waals surface area contributed by atoms with Crippen molar-refractivity contribution in [3.05, 3.63) is 18.1 Å².